The van der Waals surface area contributed by atoms with Crippen molar-refractivity contribution in [1.29, 1.82) is 0 Å². The average molecular weight is 410 g/mol. The fourth-order valence-electron chi connectivity index (χ4n) is 3.09. The van der Waals surface area contributed by atoms with Crippen LogP contribution in [0.1, 0.15) is 37.6 Å². The highest BCUT2D eigenvalue weighted by Crippen LogP contribution is 2.47. The maximum Gasteiger partial charge on any atom is 0.317 e. The number of hydrogen-bond acceptors (Lipinski definition) is 5. The van der Waals surface area contributed by atoms with Gasteiger partial charge in [-0.25, -0.2) is 4.79 Å². The first-order valence-corrected chi connectivity index (χ1v) is 10.6. The number of carbonyl (C=O) groups is 2. The van der Waals surface area contributed by atoms with E-state index in [1.54, 1.807) is 37.9 Å². The maximum atomic E-state index is 12.9. The fourth-order valence-corrected chi connectivity index (χ4v) is 4.53. The van der Waals surface area contributed by atoms with Crippen molar-refractivity contribution in [3.8, 4) is 11.5 Å². The molecule has 156 valence electrons. The quantitative estimate of drug-likeness (QED) is 0.679. The van der Waals surface area contributed by atoms with Crippen molar-refractivity contribution in [3.05, 3.63) is 23.8 Å². The number of thioether (sulfide) groups is 1. The van der Waals surface area contributed by atoms with E-state index in [0.29, 0.717) is 19.6 Å². The number of benzene rings is 1. The fraction of sp³-hybridized carbons (Fsp3) is 0.600. The van der Waals surface area contributed by atoms with Crippen molar-refractivity contribution in [1.82, 2.24) is 15.1 Å². The van der Waals surface area contributed by atoms with Crippen LogP contribution >= 0.6 is 11.8 Å². The Morgan fingerprint density at radius 2 is 2.04 bits per heavy atom. The monoisotopic (exact) mass is 409 g/mol. The third kappa shape index (κ3) is 5.04. The molecule has 0 radical (unpaired) electrons. The van der Waals surface area contributed by atoms with E-state index in [2.05, 4.69) is 5.32 Å². The van der Waals surface area contributed by atoms with Gasteiger partial charge < -0.3 is 24.6 Å². The molecule has 1 aliphatic rings. The Morgan fingerprint density at radius 1 is 1.29 bits per heavy atom. The largest absolute Gasteiger partial charge is 0.497 e. The molecule has 28 heavy (non-hydrogen) atoms. The predicted octanol–water partition coefficient (Wildman–Crippen LogP) is 3.11. The van der Waals surface area contributed by atoms with E-state index in [9.17, 15) is 9.59 Å². The summed E-state index contributed by atoms with van der Waals surface area (Å²) in [4.78, 5) is 28.5. The molecule has 2 atom stereocenters. The van der Waals surface area contributed by atoms with Gasteiger partial charge in [-0.05, 0) is 31.0 Å². The molecule has 0 bridgehead atoms. The Morgan fingerprint density at radius 3 is 2.64 bits per heavy atom. The molecule has 0 aromatic heterocycles. The molecule has 0 saturated carbocycles. The zero-order valence-corrected chi connectivity index (χ0v) is 18.2. The minimum absolute atomic E-state index is 0.0971. The summed E-state index contributed by atoms with van der Waals surface area (Å²) in [5.74, 6) is 1.55. The van der Waals surface area contributed by atoms with E-state index < -0.39 is 0 Å². The van der Waals surface area contributed by atoms with Crippen LogP contribution in [0.5, 0.6) is 11.5 Å². The van der Waals surface area contributed by atoms with Crippen LogP contribution in [-0.2, 0) is 4.79 Å². The lowest BCUT2D eigenvalue weighted by atomic mass is 10.1. The Balaban J connectivity index is 2.20. The van der Waals surface area contributed by atoms with Crippen LogP contribution in [0.4, 0.5) is 4.79 Å². The van der Waals surface area contributed by atoms with Crippen molar-refractivity contribution >= 4 is 23.7 Å². The van der Waals surface area contributed by atoms with Crippen LogP contribution in [0.2, 0.25) is 0 Å². The van der Waals surface area contributed by atoms with Gasteiger partial charge in [0.2, 0.25) is 5.91 Å². The summed E-state index contributed by atoms with van der Waals surface area (Å²) in [6, 6.07) is 5.51. The number of rotatable bonds is 9. The lowest BCUT2D eigenvalue weighted by Crippen LogP contribution is -2.43. The SMILES string of the molecule is CCCNC(=O)N(C)CCN1C(=O)[C@H](CC)S[C@@H]1c1cc(OC)ccc1OC. The second-order valence-electron chi connectivity index (χ2n) is 6.68. The third-order valence-corrected chi connectivity index (χ3v) is 6.39. The number of ether oxygens (including phenoxy) is 2. The van der Waals surface area contributed by atoms with E-state index in [-0.39, 0.29) is 22.6 Å². The number of amides is 3. The van der Waals surface area contributed by atoms with Gasteiger partial charge in [0.15, 0.2) is 0 Å². The Labute approximate surface area is 171 Å². The summed E-state index contributed by atoms with van der Waals surface area (Å²) in [5, 5.41) is 2.59. The zero-order valence-electron chi connectivity index (χ0n) is 17.4. The molecule has 2 rings (SSSR count). The van der Waals surface area contributed by atoms with Gasteiger partial charge >= 0.3 is 6.03 Å². The molecule has 1 aromatic rings. The van der Waals surface area contributed by atoms with Crippen molar-refractivity contribution in [2.45, 2.75) is 37.3 Å². The van der Waals surface area contributed by atoms with Crippen molar-refractivity contribution < 1.29 is 19.1 Å². The molecule has 0 spiro atoms. The Kier molecular flexibility index (Phi) is 8.29. The van der Waals surface area contributed by atoms with Crippen LogP contribution < -0.4 is 14.8 Å². The minimum atomic E-state index is -0.172. The molecular formula is C20H31N3O4S. The van der Waals surface area contributed by atoms with Gasteiger partial charge in [0, 0.05) is 32.2 Å². The molecule has 1 N–H and O–H groups in total. The number of nitrogens with one attached hydrogen (secondary N) is 1. The molecule has 1 heterocycles. The number of hydrogen-bond donors (Lipinski definition) is 1. The van der Waals surface area contributed by atoms with Crippen molar-refractivity contribution in [3.63, 3.8) is 0 Å². The summed E-state index contributed by atoms with van der Waals surface area (Å²) >= 11 is 1.62. The molecule has 8 heteroatoms. The highest BCUT2D eigenvalue weighted by molar-refractivity contribution is 8.01. The number of likely N-dealkylation sites (N-methyl/N-ethyl adjacent to an activating group) is 1. The molecule has 1 saturated heterocycles. The Bertz CT molecular complexity index is 685. The van der Waals surface area contributed by atoms with Crippen LogP contribution in [0.25, 0.3) is 0 Å². The highest BCUT2D eigenvalue weighted by atomic mass is 32.2. The summed E-state index contributed by atoms with van der Waals surface area (Å²) < 4.78 is 10.9. The van der Waals surface area contributed by atoms with Crippen LogP contribution in [0.15, 0.2) is 18.2 Å². The topological polar surface area (TPSA) is 71.1 Å². The highest BCUT2D eigenvalue weighted by Gasteiger charge is 2.41. The normalized spacial score (nSPS) is 18.9. The number of urea groups is 1. The molecule has 1 fully saturated rings. The Hall–Kier alpha value is -2.09. The first-order chi connectivity index (χ1) is 13.5. The smallest absolute Gasteiger partial charge is 0.317 e. The summed E-state index contributed by atoms with van der Waals surface area (Å²) in [5.41, 5.74) is 0.911. The lowest BCUT2D eigenvalue weighted by Gasteiger charge is -2.28. The lowest BCUT2D eigenvalue weighted by molar-refractivity contribution is -0.130. The van der Waals surface area contributed by atoms with Crippen molar-refractivity contribution in [2.75, 3.05) is 40.9 Å². The second-order valence-corrected chi connectivity index (χ2v) is 7.97. The van der Waals surface area contributed by atoms with Gasteiger partial charge in [-0.2, -0.15) is 0 Å². The maximum absolute atomic E-state index is 12.9. The van der Waals surface area contributed by atoms with Gasteiger partial charge in [-0.1, -0.05) is 13.8 Å². The van der Waals surface area contributed by atoms with E-state index in [1.165, 1.54) is 0 Å². The molecule has 1 aromatic carbocycles. The summed E-state index contributed by atoms with van der Waals surface area (Å²) in [7, 11) is 4.99. The van der Waals surface area contributed by atoms with E-state index in [4.69, 9.17) is 9.47 Å². The van der Waals surface area contributed by atoms with Crippen LogP contribution in [0.3, 0.4) is 0 Å². The van der Waals surface area contributed by atoms with Crippen LogP contribution in [0, 0.1) is 0 Å². The van der Waals surface area contributed by atoms with Gasteiger partial charge in [-0.15, -0.1) is 11.8 Å². The molecule has 3 amide bonds. The molecule has 0 unspecified atom stereocenters. The standard InChI is InChI=1S/C20H31N3O4S/c1-6-10-21-20(25)22(3)11-12-23-18(24)17(7-2)28-19(23)15-13-14(26-4)8-9-16(15)27-5/h8-9,13,17,19H,6-7,10-12H2,1-5H3,(H,21,25)/t17-,19+/m0/s1. The van der Waals surface area contributed by atoms with Gasteiger partial charge in [0.25, 0.3) is 0 Å². The van der Waals surface area contributed by atoms with Gasteiger partial charge in [0.05, 0.1) is 19.5 Å². The van der Waals surface area contributed by atoms with E-state index >= 15 is 0 Å². The average Bonchev–Trinajstić information content (AvgIpc) is 3.04. The van der Waals surface area contributed by atoms with Gasteiger partial charge in [-0.3, -0.25) is 4.79 Å². The molecular weight excluding hydrogens is 378 g/mol. The molecule has 1 aliphatic heterocycles. The first kappa shape index (κ1) is 22.2. The number of nitrogens with zero attached hydrogens (tertiary/aromatic N) is 2. The number of carbonyl (C=O) groups excluding carboxylic acids is 2. The minimum Gasteiger partial charge on any atom is -0.497 e. The van der Waals surface area contributed by atoms with Crippen molar-refractivity contribution in [2.24, 2.45) is 0 Å². The van der Waals surface area contributed by atoms with Crippen LogP contribution in [-0.4, -0.2) is 67.9 Å². The van der Waals surface area contributed by atoms with E-state index in [1.807, 2.05) is 36.9 Å². The molecule has 0 aliphatic carbocycles. The third-order valence-electron chi connectivity index (χ3n) is 4.76. The second kappa shape index (κ2) is 10.5. The summed E-state index contributed by atoms with van der Waals surface area (Å²) in [6.07, 6.45) is 1.65. The zero-order chi connectivity index (χ0) is 20.7. The number of methoxy groups -OCH3 is 2. The van der Waals surface area contributed by atoms with Gasteiger partial charge in [0.1, 0.15) is 16.9 Å². The first-order valence-electron chi connectivity index (χ1n) is 9.63. The summed E-state index contributed by atoms with van der Waals surface area (Å²) in [6.45, 7) is 5.59. The predicted molar refractivity (Wildman–Crippen MR) is 112 cm³/mol. The molecule has 7 nitrogen and oxygen atoms in total. The van der Waals surface area contributed by atoms with E-state index in [0.717, 1.165) is 29.9 Å².